The smallest absolute Gasteiger partial charge is 0.0568 e. The SMILES string of the molecule is Br.Br.N=c1ccn(CCCCCCCCn2ccc(=N)cc2)cc1. The van der Waals surface area contributed by atoms with Crippen LogP contribution < -0.4 is 10.7 Å². The predicted octanol–water partition coefficient (Wildman–Crippen LogP) is 4.45. The minimum Gasteiger partial charge on any atom is -0.354 e. The van der Waals surface area contributed by atoms with E-state index in [-0.39, 0.29) is 34.0 Å². The van der Waals surface area contributed by atoms with Gasteiger partial charge in [0, 0.05) is 37.9 Å². The molecule has 0 atom stereocenters. The number of hydrogen-bond donors (Lipinski definition) is 2. The Morgan fingerprint density at radius 3 is 1.17 bits per heavy atom. The molecule has 2 heterocycles. The summed E-state index contributed by atoms with van der Waals surface area (Å²) in [6.07, 6.45) is 15.5. The van der Waals surface area contributed by atoms with Gasteiger partial charge in [-0.3, -0.25) is 0 Å². The molecule has 0 radical (unpaired) electrons. The fourth-order valence-corrected chi connectivity index (χ4v) is 2.51. The minimum absolute atomic E-state index is 0. The van der Waals surface area contributed by atoms with Gasteiger partial charge in [0.2, 0.25) is 0 Å². The predicted molar refractivity (Wildman–Crippen MR) is 109 cm³/mol. The van der Waals surface area contributed by atoms with Gasteiger partial charge in [0.05, 0.1) is 10.7 Å². The molecular weight excluding hydrogens is 432 g/mol. The summed E-state index contributed by atoms with van der Waals surface area (Å²) in [5.74, 6) is 0. The quantitative estimate of drug-likeness (QED) is 0.520. The fourth-order valence-electron chi connectivity index (χ4n) is 2.51. The van der Waals surface area contributed by atoms with Gasteiger partial charge in [0.15, 0.2) is 0 Å². The molecule has 0 fully saturated rings. The lowest BCUT2D eigenvalue weighted by Crippen LogP contribution is -2.04. The fraction of sp³-hybridized carbons (Fsp3) is 0.444. The van der Waals surface area contributed by atoms with Gasteiger partial charge < -0.3 is 20.0 Å². The molecule has 24 heavy (non-hydrogen) atoms. The minimum atomic E-state index is 0. The summed E-state index contributed by atoms with van der Waals surface area (Å²) >= 11 is 0. The molecule has 0 aliphatic rings. The van der Waals surface area contributed by atoms with Crippen molar-refractivity contribution in [2.75, 3.05) is 0 Å². The number of halogens is 2. The van der Waals surface area contributed by atoms with Crippen LogP contribution in [0, 0.1) is 10.8 Å². The van der Waals surface area contributed by atoms with Crippen molar-refractivity contribution in [3.63, 3.8) is 0 Å². The molecule has 0 saturated heterocycles. The second-order valence-electron chi connectivity index (χ2n) is 5.77. The first kappa shape index (κ1) is 22.9. The van der Waals surface area contributed by atoms with Crippen molar-refractivity contribution in [3.05, 3.63) is 59.8 Å². The van der Waals surface area contributed by atoms with Gasteiger partial charge in [-0.05, 0) is 37.1 Å². The average molecular weight is 460 g/mol. The Balaban J connectivity index is 0.00000264. The number of aromatic nitrogens is 2. The summed E-state index contributed by atoms with van der Waals surface area (Å²) in [5.41, 5.74) is 0. The van der Waals surface area contributed by atoms with Crippen molar-refractivity contribution in [2.24, 2.45) is 0 Å². The average Bonchev–Trinajstić information content (AvgIpc) is 2.53. The number of rotatable bonds is 9. The first-order chi connectivity index (χ1) is 10.7. The molecule has 0 unspecified atom stereocenters. The molecule has 0 amide bonds. The van der Waals surface area contributed by atoms with E-state index in [0.29, 0.717) is 10.7 Å². The zero-order chi connectivity index (χ0) is 15.6. The molecule has 0 saturated carbocycles. The number of hydrogen-bond acceptors (Lipinski definition) is 2. The van der Waals surface area contributed by atoms with Crippen LogP contribution in [0.2, 0.25) is 0 Å². The first-order valence-electron chi connectivity index (χ1n) is 8.15. The summed E-state index contributed by atoms with van der Waals surface area (Å²) < 4.78 is 4.31. The highest BCUT2D eigenvalue weighted by Gasteiger charge is 1.94. The van der Waals surface area contributed by atoms with Crippen molar-refractivity contribution >= 4 is 34.0 Å². The van der Waals surface area contributed by atoms with Crippen LogP contribution in [0.15, 0.2) is 49.1 Å². The molecule has 2 rings (SSSR count). The van der Waals surface area contributed by atoms with Crippen LogP contribution in [0.3, 0.4) is 0 Å². The lowest BCUT2D eigenvalue weighted by Gasteiger charge is -2.07. The standard InChI is InChI=1S/C18H26N4.2BrH/c19-17-7-13-21(14-8-17)11-5-3-1-2-4-6-12-22-15-9-18(20)10-16-22;;/h7-10,13-16,19-20H,1-6,11-12H2;2*1H. The number of nitrogens with zero attached hydrogens (tertiary/aromatic N) is 2. The van der Waals surface area contributed by atoms with Crippen LogP contribution in [0.1, 0.15) is 38.5 Å². The van der Waals surface area contributed by atoms with Crippen molar-refractivity contribution in [1.29, 1.82) is 10.8 Å². The lowest BCUT2D eigenvalue weighted by molar-refractivity contribution is 0.529. The zero-order valence-corrected chi connectivity index (χ0v) is 17.4. The third-order valence-electron chi connectivity index (χ3n) is 3.86. The Morgan fingerprint density at radius 2 is 0.833 bits per heavy atom. The first-order valence-corrected chi connectivity index (χ1v) is 8.15. The molecular formula is C18H28Br2N4. The number of unbranched alkanes of at least 4 members (excludes halogenated alkanes) is 5. The van der Waals surface area contributed by atoms with Crippen molar-refractivity contribution in [1.82, 2.24) is 9.13 Å². The number of pyridine rings is 2. The van der Waals surface area contributed by atoms with Crippen LogP contribution in [0.5, 0.6) is 0 Å². The van der Waals surface area contributed by atoms with E-state index < -0.39 is 0 Å². The van der Waals surface area contributed by atoms with Crippen LogP contribution >= 0.6 is 34.0 Å². The second-order valence-corrected chi connectivity index (χ2v) is 5.77. The van der Waals surface area contributed by atoms with Crippen LogP contribution in [-0.2, 0) is 13.1 Å². The molecule has 0 bridgehead atoms. The highest BCUT2D eigenvalue weighted by molar-refractivity contribution is 8.93. The van der Waals surface area contributed by atoms with E-state index >= 15 is 0 Å². The van der Waals surface area contributed by atoms with Crippen LogP contribution in [-0.4, -0.2) is 9.13 Å². The maximum absolute atomic E-state index is 7.45. The van der Waals surface area contributed by atoms with Gasteiger partial charge in [-0.15, -0.1) is 34.0 Å². The highest BCUT2D eigenvalue weighted by Crippen LogP contribution is 2.07. The summed E-state index contributed by atoms with van der Waals surface area (Å²) in [4.78, 5) is 0. The van der Waals surface area contributed by atoms with E-state index in [0.717, 1.165) is 13.1 Å². The molecule has 6 heteroatoms. The Labute approximate surface area is 165 Å². The molecule has 0 aliphatic heterocycles. The Hall–Kier alpha value is -1.14. The van der Waals surface area contributed by atoms with E-state index in [2.05, 4.69) is 9.13 Å². The van der Waals surface area contributed by atoms with Crippen molar-refractivity contribution < 1.29 is 0 Å². The van der Waals surface area contributed by atoms with E-state index in [4.69, 9.17) is 10.8 Å². The normalized spacial score (nSPS) is 9.83. The largest absolute Gasteiger partial charge is 0.354 e. The molecule has 2 aromatic rings. The van der Waals surface area contributed by atoms with E-state index in [1.165, 1.54) is 38.5 Å². The molecule has 4 nitrogen and oxygen atoms in total. The van der Waals surface area contributed by atoms with Gasteiger partial charge in [-0.25, -0.2) is 0 Å². The Bertz CT molecular complexity index is 579. The summed E-state index contributed by atoms with van der Waals surface area (Å²) in [6.45, 7) is 2.10. The lowest BCUT2D eigenvalue weighted by atomic mass is 10.1. The van der Waals surface area contributed by atoms with Crippen molar-refractivity contribution in [3.8, 4) is 0 Å². The molecule has 0 spiro atoms. The highest BCUT2D eigenvalue weighted by atomic mass is 79.9. The molecule has 2 N–H and O–H groups in total. The van der Waals surface area contributed by atoms with Gasteiger partial charge in [0.1, 0.15) is 0 Å². The molecule has 0 aliphatic carbocycles. The Kier molecular flexibility index (Phi) is 12.6. The third kappa shape index (κ3) is 9.23. The van der Waals surface area contributed by atoms with Gasteiger partial charge in [-0.2, -0.15) is 0 Å². The van der Waals surface area contributed by atoms with Gasteiger partial charge in [0.25, 0.3) is 0 Å². The number of aryl methyl sites for hydroxylation is 2. The molecule has 134 valence electrons. The van der Waals surface area contributed by atoms with E-state index in [1.807, 2.05) is 49.1 Å². The van der Waals surface area contributed by atoms with Gasteiger partial charge >= 0.3 is 0 Å². The maximum atomic E-state index is 7.45. The second kappa shape index (κ2) is 13.2. The van der Waals surface area contributed by atoms with Crippen molar-refractivity contribution in [2.45, 2.75) is 51.6 Å². The Morgan fingerprint density at radius 1 is 0.542 bits per heavy atom. The van der Waals surface area contributed by atoms with E-state index in [9.17, 15) is 0 Å². The monoisotopic (exact) mass is 458 g/mol. The molecule has 0 aromatic carbocycles. The van der Waals surface area contributed by atoms with Crippen LogP contribution in [0.4, 0.5) is 0 Å². The van der Waals surface area contributed by atoms with E-state index in [1.54, 1.807) is 0 Å². The number of nitrogens with one attached hydrogen (secondary N) is 2. The van der Waals surface area contributed by atoms with Gasteiger partial charge in [-0.1, -0.05) is 25.7 Å². The maximum Gasteiger partial charge on any atom is 0.0568 e. The van der Waals surface area contributed by atoms with Crippen LogP contribution in [0.25, 0.3) is 0 Å². The topological polar surface area (TPSA) is 57.6 Å². The summed E-state index contributed by atoms with van der Waals surface area (Å²) in [7, 11) is 0. The molecule has 2 aromatic heterocycles. The summed E-state index contributed by atoms with van der Waals surface area (Å²) in [6, 6.07) is 7.35. The summed E-state index contributed by atoms with van der Waals surface area (Å²) in [5, 5.41) is 16.0. The zero-order valence-electron chi connectivity index (χ0n) is 14.0. The third-order valence-corrected chi connectivity index (χ3v) is 3.86.